The molecule has 0 radical (unpaired) electrons. The Labute approximate surface area is 94.4 Å². The predicted octanol–water partition coefficient (Wildman–Crippen LogP) is 0.555. The molecule has 0 spiro atoms. The van der Waals surface area contributed by atoms with Crippen molar-refractivity contribution in [3.8, 4) is 6.07 Å². The summed E-state index contributed by atoms with van der Waals surface area (Å²) >= 11 is 0. The molecule has 1 aromatic heterocycles. The standard InChI is InChI=1S/C11H14N4O/c1-8-2-5-15(10(8)7-16)11-9(6-12)13-3-4-14-11/h3-4,8,10,16H,2,5,7H2,1H3. The van der Waals surface area contributed by atoms with Gasteiger partial charge in [0, 0.05) is 18.9 Å². The van der Waals surface area contributed by atoms with E-state index in [0.29, 0.717) is 17.4 Å². The summed E-state index contributed by atoms with van der Waals surface area (Å²) in [5.74, 6) is 1.01. The maximum atomic E-state index is 9.36. The molecule has 1 aromatic rings. The third-order valence-electron chi connectivity index (χ3n) is 3.13. The summed E-state index contributed by atoms with van der Waals surface area (Å²) in [4.78, 5) is 10.2. The second-order valence-corrected chi connectivity index (χ2v) is 4.05. The monoisotopic (exact) mass is 218 g/mol. The molecule has 0 aliphatic carbocycles. The molecule has 0 amide bonds. The number of rotatable bonds is 2. The van der Waals surface area contributed by atoms with E-state index in [2.05, 4.69) is 16.9 Å². The molecule has 1 aliphatic heterocycles. The lowest BCUT2D eigenvalue weighted by molar-refractivity contribution is 0.244. The first-order valence-corrected chi connectivity index (χ1v) is 5.36. The van der Waals surface area contributed by atoms with E-state index in [4.69, 9.17) is 5.26 Å². The van der Waals surface area contributed by atoms with Gasteiger partial charge in [-0.25, -0.2) is 9.97 Å². The SMILES string of the molecule is CC1CCN(c2nccnc2C#N)C1CO. The Kier molecular flexibility index (Phi) is 3.02. The molecule has 1 fully saturated rings. The van der Waals surface area contributed by atoms with Crippen LogP contribution in [0.2, 0.25) is 0 Å². The number of nitrogens with zero attached hydrogens (tertiary/aromatic N) is 4. The van der Waals surface area contributed by atoms with Gasteiger partial charge in [-0.05, 0) is 12.3 Å². The van der Waals surface area contributed by atoms with Crippen LogP contribution in [0.3, 0.4) is 0 Å². The largest absolute Gasteiger partial charge is 0.394 e. The normalized spacial score (nSPS) is 24.4. The van der Waals surface area contributed by atoms with Gasteiger partial charge in [0.25, 0.3) is 0 Å². The molecular weight excluding hydrogens is 204 g/mol. The molecule has 2 rings (SSSR count). The lowest BCUT2D eigenvalue weighted by Gasteiger charge is -2.26. The van der Waals surface area contributed by atoms with Gasteiger partial charge in [-0.3, -0.25) is 0 Å². The molecule has 0 bridgehead atoms. The van der Waals surface area contributed by atoms with E-state index in [0.717, 1.165) is 13.0 Å². The zero-order valence-electron chi connectivity index (χ0n) is 9.17. The van der Waals surface area contributed by atoms with Crippen molar-refractivity contribution in [1.82, 2.24) is 9.97 Å². The topological polar surface area (TPSA) is 73.0 Å². The second kappa shape index (κ2) is 4.45. The molecule has 5 nitrogen and oxygen atoms in total. The average molecular weight is 218 g/mol. The number of aliphatic hydroxyl groups excluding tert-OH is 1. The van der Waals surface area contributed by atoms with Crippen molar-refractivity contribution in [3.63, 3.8) is 0 Å². The first-order chi connectivity index (χ1) is 7.77. The zero-order chi connectivity index (χ0) is 11.5. The van der Waals surface area contributed by atoms with Crippen molar-refractivity contribution in [1.29, 1.82) is 5.26 Å². The maximum Gasteiger partial charge on any atom is 0.183 e. The Morgan fingerprint density at radius 2 is 2.31 bits per heavy atom. The van der Waals surface area contributed by atoms with E-state index in [1.807, 2.05) is 11.0 Å². The van der Waals surface area contributed by atoms with Crippen molar-refractivity contribution in [3.05, 3.63) is 18.1 Å². The molecule has 0 aromatic carbocycles. The van der Waals surface area contributed by atoms with Gasteiger partial charge in [0.15, 0.2) is 11.5 Å². The molecule has 2 unspecified atom stereocenters. The Bertz CT molecular complexity index is 415. The van der Waals surface area contributed by atoms with Gasteiger partial charge in [0.05, 0.1) is 12.6 Å². The van der Waals surface area contributed by atoms with Crippen LogP contribution in [0.25, 0.3) is 0 Å². The quantitative estimate of drug-likeness (QED) is 0.785. The van der Waals surface area contributed by atoms with Crippen LogP contribution in [0, 0.1) is 17.2 Å². The first kappa shape index (κ1) is 10.8. The second-order valence-electron chi connectivity index (χ2n) is 4.05. The first-order valence-electron chi connectivity index (χ1n) is 5.36. The van der Waals surface area contributed by atoms with Gasteiger partial charge in [-0.2, -0.15) is 5.26 Å². The number of aromatic nitrogens is 2. The Hall–Kier alpha value is -1.67. The van der Waals surface area contributed by atoms with E-state index in [-0.39, 0.29) is 12.6 Å². The summed E-state index contributed by atoms with van der Waals surface area (Å²) in [7, 11) is 0. The summed E-state index contributed by atoms with van der Waals surface area (Å²) in [6.45, 7) is 3.01. The van der Waals surface area contributed by atoms with Crippen LogP contribution < -0.4 is 4.90 Å². The predicted molar refractivity (Wildman–Crippen MR) is 58.7 cm³/mol. The highest BCUT2D eigenvalue weighted by atomic mass is 16.3. The fourth-order valence-corrected chi connectivity index (χ4v) is 2.17. The van der Waals surface area contributed by atoms with E-state index in [1.165, 1.54) is 6.20 Å². The smallest absolute Gasteiger partial charge is 0.183 e. The zero-order valence-corrected chi connectivity index (χ0v) is 9.17. The minimum atomic E-state index is 0.0452. The van der Waals surface area contributed by atoms with Gasteiger partial charge < -0.3 is 10.0 Å². The number of aliphatic hydroxyl groups is 1. The van der Waals surface area contributed by atoms with Crippen molar-refractivity contribution >= 4 is 5.82 Å². The van der Waals surface area contributed by atoms with E-state index in [1.54, 1.807) is 6.20 Å². The average Bonchev–Trinajstić information content (AvgIpc) is 2.70. The maximum absolute atomic E-state index is 9.36. The molecule has 16 heavy (non-hydrogen) atoms. The summed E-state index contributed by atoms with van der Waals surface area (Å²) in [5.41, 5.74) is 0.329. The fraction of sp³-hybridized carbons (Fsp3) is 0.545. The molecule has 1 saturated heterocycles. The van der Waals surface area contributed by atoms with Gasteiger partial charge in [0.2, 0.25) is 0 Å². The highest BCUT2D eigenvalue weighted by molar-refractivity contribution is 5.51. The summed E-state index contributed by atoms with van der Waals surface area (Å²) in [6, 6.07) is 2.08. The van der Waals surface area contributed by atoms with Crippen molar-refractivity contribution < 1.29 is 5.11 Å². The minimum Gasteiger partial charge on any atom is -0.394 e. The molecule has 1 aliphatic rings. The summed E-state index contributed by atoms with van der Waals surface area (Å²) in [6.07, 6.45) is 4.09. The molecule has 2 heterocycles. The Morgan fingerprint density at radius 1 is 1.56 bits per heavy atom. The fourth-order valence-electron chi connectivity index (χ4n) is 2.17. The van der Waals surface area contributed by atoms with Gasteiger partial charge >= 0.3 is 0 Å². The lowest BCUT2D eigenvalue weighted by Crippen LogP contribution is -2.36. The highest BCUT2D eigenvalue weighted by Gasteiger charge is 2.32. The van der Waals surface area contributed by atoms with Crippen LogP contribution in [0.5, 0.6) is 0 Å². The number of anilines is 1. The van der Waals surface area contributed by atoms with Crippen LogP contribution in [0.1, 0.15) is 19.0 Å². The van der Waals surface area contributed by atoms with Gasteiger partial charge in [-0.15, -0.1) is 0 Å². The van der Waals surface area contributed by atoms with Crippen LogP contribution >= 0.6 is 0 Å². The Morgan fingerprint density at radius 3 is 3.00 bits per heavy atom. The van der Waals surface area contributed by atoms with Crippen LogP contribution in [-0.4, -0.2) is 34.3 Å². The van der Waals surface area contributed by atoms with Crippen LogP contribution in [-0.2, 0) is 0 Å². The third-order valence-corrected chi connectivity index (χ3v) is 3.13. The number of hydrogen-bond donors (Lipinski definition) is 1. The lowest BCUT2D eigenvalue weighted by atomic mass is 10.0. The van der Waals surface area contributed by atoms with Crippen LogP contribution in [0.4, 0.5) is 5.82 Å². The summed E-state index contributed by atoms with van der Waals surface area (Å²) < 4.78 is 0. The molecular formula is C11H14N4O. The van der Waals surface area contributed by atoms with E-state index >= 15 is 0 Å². The molecule has 84 valence electrons. The number of hydrogen-bond acceptors (Lipinski definition) is 5. The van der Waals surface area contributed by atoms with Crippen molar-refractivity contribution in [2.75, 3.05) is 18.1 Å². The van der Waals surface area contributed by atoms with E-state index in [9.17, 15) is 5.11 Å². The molecule has 5 heteroatoms. The van der Waals surface area contributed by atoms with Crippen molar-refractivity contribution in [2.24, 2.45) is 5.92 Å². The molecule has 2 atom stereocenters. The van der Waals surface area contributed by atoms with E-state index < -0.39 is 0 Å². The molecule has 1 N–H and O–H groups in total. The van der Waals surface area contributed by atoms with Gasteiger partial charge in [-0.1, -0.05) is 6.92 Å². The van der Waals surface area contributed by atoms with Crippen molar-refractivity contribution in [2.45, 2.75) is 19.4 Å². The number of nitriles is 1. The molecule has 0 saturated carbocycles. The minimum absolute atomic E-state index is 0.0452. The summed E-state index contributed by atoms with van der Waals surface area (Å²) in [5, 5.41) is 18.3. The Balaban J connectivity index is 2.34. The van der Waals surface area contributed by atoms with Gasteiger partial charge in [0.1, 0.15) is 6.07 Å². The third kappa shape index (κ3) is 1.72. The highest BCUT2D eigenvalue weighted by Crippen LogP contribution is 2.29. The van der Waals surface area contributed by atoms with Crippen LogP contribution in [0.15, 0.2) is 12.4 Å².